The maximum atomic E-state index is 10.4. The Kier molecular flexibility index (Phi) is 4.08. The second-order valence-corrected chi connectivity index (χ2v) is 4.26. The molecule has 12 heavy (non-hydrogen) atoms. The van der Waals surface area contributed by atoms with Gasteiger partial charge in [0.2, 0.25) is 4.93 Å². The van der Waals surface area contributed by atoms with Gasteiger partial charge in [-0.2, -0.15) is 8.42 Å². The Morgan fingerprint density at radius 1 is 1.50 bits per heavy atom. The molecule has 0 fully saturated rings. The minimum Gasteiger partial charge on any atom is -0.394 e. The predicted molar refractivity (Wildman–Crippen MR) is 40.1 cm³/mol. The van der Waals surface area contributed by atoms with E-state index in [0.717, 1.165) is 6.92 Å². The van der Waals surface area contributed by atoms with Crippen LogP contribution in [0.1, 0.15) is 6.92 Å². The molecule has 0 aliphatic rings. The molecule has 0 aromatic heterocycles. The molecular weight excluding hydrogens is 188 g/mol. The summed E-state index contributed by atoms with van der Waals surface area (Å²) in [5, 5.41) is 17.3. The van der Waals surface area contributed by atoms with Gasteiger partial charge in [0, 0.05) is 0 Å². The first-order valence-electron chi connectivity index (χ1n) is 3.19. The van der Waals surface area contributed by atoms with Gasteiger partial charge in [-0.15, -0.1) is 0 Å². The molecule has 0 saturated carbocycles. The largest absolute Gasteiger partial charge is 0.394 e. The van der Waals surface area contributed by atoms with Crippen molar-refractivity contribution in [3.63, 3.8) is 0 Å². The van der Waals surface area contributed by atoms with E-state index in [0.29, 0.717) is 0 Å². The van der Waals surface area contributed by atoms with E-state index in [9.17, 15) is 8.42 Å². The van der Waals surface area contributed by atoms with Crippen LogP contribution in [-0.4, -0.2) is 47.9 Å². The highest BCUT2D eigenvalue weighted by Crippen LogP contribution is 2.11. The smallest absolute Gasteiger partial charge is 0.297 e. The topological polar surface area (TPSA) is 104 Å². The van der Waals surface area contributed by atoms with Gasteiger partial charge in [-0.1, -0.05) is 0 Å². The van der Waals surface area contributed by atoms with E-state index in [1.165, 1.54) is 0 Å². The van der Waals surface area contributed by atoms with Gasteiger partial charge in [-0.3, -0.25) is 4.55 Å². The summed E-state index contributed by atoms with van der Waals surface area (Å²) in [4.78, 5) is -2.32. The van der Waals surface area contributed by atoms with Crippen molar-refractivity contribution in [2.24, 2.45) is 0 Å². The Morgan fingerprint density at radius 2 is 2.00 bits per heavy atom. The third-order valence-electron chi connectivity index (χ3n) is 1.16. The van der Waals surface area contributed by atoms with E-state index in [-0.39, 0.29) is 13.2 Å². The van der Waals surface area contributed by atoms with E-state index in [2.05, 4.69) is 4.74 Å². The predicted octanol–water partition coefficient (Wildman–Crippen LogP) is -1.41. The molecule has 0 unspecified atom stereocenters. The molecule has 0 saturated heterocycles. The lowest BCUT2D eigenvalue weighted by Crippen LogP contribution is -2.39. The minimum atomic E-state index is -4.53. The van der Waals surface area contributed by atoms with Crippen molar-refractivity contribution < 1.29 is 27.9 Å². The van der Waals surface area contributed by atoms with E-state index < -0.39 is 21.7 Å². The van der Waals surface area contributed by atoms with Gasteiger partial charge in [-0.25, -0.2) is 0 Å². The molecule has 0 aromatic rings. The fourth-order valence-electron chi connectivity index (χ4n) is 0.401. The first-order chi connectivity index (χ1) is 5.31. The number of hydrogen-bond acceptors (Lipinski definition) is 5. The van der Waals surface area contributed by atoms with Crippen LogP contribution in [0.4, 0.5) is 0 Å². The number of ether oxygens (including phenoxy) is 1. The zero-order valence-corrected chi connectivity index (χ0v) is 7.41. The lowest BCUT2D eigenvalue weighted by atomic mass is 10.4. The third kappa shape index (κ3) is 3.46. The summed E-state index contributed by atoms with van der Waals surface area (Å²) < 4.78 is 33.8. The molecule has 0 heterocycles. The Balaban J connectivity index is 4.06. The van der Waals surface area contributed by atoms with Crippen LogP contribution in [-0.2, 0) is 14.9 Å². The molecule has 0 aromatic carbocycles. The standard InChI is InChI=1S/C5H12O6S/c1-5(7,12(8,9)10)4-11-3-2-6/h6-7H,2-4H2,1H3,(H,8,9,10)/t5-/m1/s1. The lowest BCUT2D eigenvalue weighted by Gasteiger charge is -2.18. The van der Waals surface area contributed by atoms with Crippen molar-refractivity contribution in [2.45, 2.75) is 11.9 Å². The van der Waals surface area contributed by atoms with Crippen molar-refractivity contribution >= 4 is 10.1 Å². The summed E-state index contributed by atoms with van der Waals surface area (Å²) in [5.41, 5.74) is 0. The van der Waals surface area contributed by atoms with Gasteiger partial charge in [0.25, 0.3) is 10.1 Å². The summed E-state index contributed by atoms with van der Waals surface area (Å²) in [6.07, 6.45) is 0. The minimum absolute atomic E-state index is 0.0916. The molecule has 0 spiro atoms. The fourth-order valence-corrected chi connectivity index (χ4v) is 0.633. The van der Waals surface area contributed by atoms with Gasteiger partial charge in [0.1, 0.15) is 0 Å². The average molecular weight is 200 g/mol. The number of rotatable bonds is 5. The van der Waals surface area contributed by atoms with E-state index in [1.807, 2.05) is 0 Å². The fraction of sp³-hybridized carbons (Fsp3) is 1.00. The molecule has 3 N–H and O–H groups in total. The highest BCUT2D eigenvalue weighted by atomic mass is 32.2. The first-order valence-corrected chi connectivity index (χ1v) is 4.63. The summed E-state index contributed by atoms with van der Waals surface area (Å²) in [6.45, 7) is -0.0423. The highest BCUT2D eigenvalue weighted by Gasteiger charge is 2.35. The van der Waals surface area contributed by atoms with Crippen molar-refractivity contribution in [3.8, 4) is 0 Å². The molecule has 6 nitrogen and oxygen atoms in total. The Morgan fingerprint density at radius 3 is 2.33 bits per heavy atom. The average Bonchev–Trinajstić information content (AvgIpc) is 1.85. The number of aliphatic hydroxyl groups is 2. The van der Waals surface area contributed by atoms with Crippen LogP contribution < -0.4 is 0 Å². The van der Waals surface area contributed by atoms with Crippen LogP contribution in [0, 0.1) is 0 Å². The van der Waals surface area contributed by atoms with Crippen molar-refractivity contribution in [1.82, 2.24) is 0 Å². The van der Waals surface area contributed by atoms with Crippen LogP contribution in [0.25, 0.3) is 0 Å². The molecule has 0 bridgehead atoms. The maximum absolute atomic E-state index is 10.4. The summed E-state index contributed by atoms with van der Waals surface area (Å²) in [5.74, 6) is 0. The van der Waals surface area contributed by atoms with Crippen LogP contribution in [0.5, 0.6) is 0 Å². The number of hydrogen-bond donors (Lipinski definition) is 3. The Bertz CT molecular complexity index is 218. The van der Waals surface area contributed by atoms with Crippen LogP contribution in [0.2, 0.25) is 0 Å². The van der Waals surface area contributed by atoms with Gasteiger partial charge >= 0.3 is 0 Å². The van der Waals surface area contributed by atoms with Crippen molar-refractivity contribution in [1.29, 1.82) is 0 Å². The molecule has 74 valence electrons. The zero-order chi connectivity index (χ0) is 9.83. The van der Waals surface area contributed by atoms with Gasteiger partial charge in [0.15, 0.2) is 0 Å². The van der Waals surface area contributed by atoms with Crippen LogP contribution >= 0.6 is 0 Å². The Hall–Kier alpha value is -0.210. The summed E-state index contributed by atoms with van der Waals surface area (Å²) in [7, 11) is -4.53. The highest BCUT2D eigenvalue weighted by molar-refractivity contribution is 7.87. The van der Waals surface area contributed by atoms with E-state index >= 15 is 0 Å². The van der Waals surface area contributed by atoms with Crippen molar-refractivity contribution in [2.75, 3.05) is 19.8 Å². The zero-order valence-electron chi connectivity index (χ0n) is 6.60. The SMILES string of the molecule is C[C@](O)(COCCO)S(=O)(=O)O. The van der Waals surface area contributed by atoms with Gasteiger partial charge in [-0.05, 0) is 6.92 Å². The molecule has 0 radical (unpaired) electrons. The molecule has 0 amide bonds. The van der Waals surface area contributed by atoms with Gasteiger partial charge in [0.05, 0.1) is 19.8 Å². The summed E-state index contributed by atoms with van der Waals surface area (Å²) in [6, 6.07) is 0. The van der Waals surface area contributed by atoms with Crippen molar-refractivity contribution in [3.05, 3.63) is 0 Å². The number of aliphatic hydroxyl groups excluding tert-OH is 1. The van der Waals surface area contributed by atoms with Gasteiger partial charge < -0.3 is 14.9 Å². The monoisotopic (exact) mass is 200 g/mol. The second-order valence-electron chi connectivity index (χ2n) is 2.43. The molecule has 0 aliphatic heterocycles. The summed E-state index contributed by atoms with van der Waals surface area (Å²) >= 11 is 0. The second kappa shape index (κ2) is 4.15. The molecule has 1 atom stereocenters. The van der Waals surface area contributed by atoms with E-state index in [1.54, 1.807) is 0 Å². The Labute approximate surface area is 70.5 Å². The molecule has 7 heteroatoms. The molecule has 0 aliphatic carbocycles. The van der Waals surface area contributed by atoms with E-state index in [4.69, 9.17) is 14.8 Å². The molecular formula is C5H12O6S. The molecule has 0 rings (SSSR count). The third-order valence-corrected chi connectivity index (χ3v) is 2.39. The lowest BCUT2D eigenvalue weighted by molar-refractivity contribution is 0.00264. The maximum Gasteiger partial charge on any atom is 0.297 e. The quantitative estimate of drug-likeness (QED) is 0.372. The first kappa shape index (κ1) is 11.8. The normalized spacial score (nSPS) is 17.3. The van der Waals surface area contributed by atoms with Crippen LogP contribution in [0.15, 0.2) is 0 Å². The van der Waals surface area contributed by atoms with Crippen LogP contribution in [0.3, 0.4) is 0 Å².